The topological polar surface area (TPSA) is 77.1 Å². The van der Waals surface area contributed by atoms with Crippen molar-refractivity contribution in [3.8, 4) is 11.5 Å². The molecule has 2 aromatic carbocycles. The third-order valence-corrected chi connectivity index (χ3v) is 4.55. The van der Waals surface area contributed by atoms with E-state index in [0.717, 1.165) is 12.0 Å². The van der Waals surface area contributed by atoms with Gasteiger partial charge in [-0.1, -0.05) is 6.07 Å². The molecule has 1 aliphatic heterocycles. The highest BCUT2D eigenvalue weighted by Crippen LogP contribution is 2.28. The molecule has 2 aromatic rings. The summed E-state index contributed by atoms with van der Waals surface area (Å²) in [5, 5.41) is 2.89. The fraction of sp³-hybridized carbons (Fsp3) is 0.300. The number of rotatable bonds is 4. The van der Waals surface area contributed by atoms with E-state index in [9.17, 15) is 9.59 Å². The maximum Gasteiger partial charge on any atom is 0.409 e. The van der Waals surface area contributed by atoms with Gasteiger partial charge >= 0.3 is 6.09 Å². The van der Waals surface area contributed by atoms with Crippen molar-refractivity contribution in [1.82, 2.24) is 4.90 Å². The number of methoxy groups -OCH3 is 3. The lowest BCUT2D eigenvalue weighted by molar-refractivity contribution is 0.102. The number of hydrogen-bond acceptors (Lipinski definition) is 5. The Morgan fingerprint density at radius 1 is 0.963 bits per heavy atom. The molecular weight excluding hydrogens is 348 g/mol. The highest BCUT2D eigenvalue weighted by molar-refractivity contribution is 6.04. The summed E-state index contributed by atoms with van der Waals surface area (Å²) in [6, 6.07) is 10.7. The Hall–Kier alpha value is -3.22. The highest BCUT2D eigenvalue weighted by atomic mass is 16.5. The number of carbonyl (C=O) groups excluding carboxylic acids is 2. The Balaban J connectivity index is 1.77. The van der Waals surface area contributed by atoms with Crippen LogP contribution in [0.3, 0.4) is 0 Å². The number of anilines is 1. The van der Waals surface area contributed by atoms with Crippen LogP contribution in [-0.2, 0) is 17.7 Å². The van der Waals surface area contributed by atoms with Crippen molar-refractivity contribution in [1.29, 1.82) is 0 Å². The molecular formula is C20H22N2O5. The quantitative estimate of drug-likeness (QED) is 0.895. The van der Waals surface area contributed by atoms with Gasteiger partial charge in [0, 0.05) is 24.3 Å². The van der Waals surface area contributed by atoms with Gasteiger partial charge in [0.15, 0.2) is 11.5 Å². The Kier molecular flexibility index (Phi) is 5.49. The lowest BCUT2D eigenvalue weighted by Crippen LogP contribution is -2.35. The van der Waals surface area contributed by atoms with E-state index < -0.39 is 0 Å². The molecule has 1 heterocycles. The van der Waals surface area contributed by atoms with E-state index >= 15 is 0 Å². The summed E-state index contributed by atoms with van der Waals surface area (Å²) in [5.41, 5.74) is 3.29. The molecule has 0 spiro atoms. The number of amides is 2. The predicted molar refractivity (Wildman–Crippen MR) is 100 cm³/mol. The average Bonchev–Trinajstić information content (AvgIpc) is 2.71. The SMILES string of the molecule is COC(=O)N1CCc2ccc(NC(=O)c3ccc(OC)c(OC)c3)cc2C1. The van der Waals surface area contributed by atoms with E-state index in [2.05, 4.69) is 5.32 Å². The number of fused-ring (bicyclic) bond motifs is 1. The summed E-state index contributed by atoms with van der Waals surface area (Å²) in [7, 11) is 4.44. The second-order valence-corrected chi connectivity index (χ2v) is 6.15. The summed E-state index contributed by atoms with van der Waals surface area (Å²) in [4.78, 5) is 26.0. The van der Waals surface area contributed by atoms with Crippen LogP contribution in [0.1, 0.15) is 21.5 Å². The van der Waals surface area contributed by atoms with Gasteiger partial charge in [-0.15, -0.1) is 0 Å². The van der Waals surface area contributed by atoms with Crippen LogP contribution in [0.2, 0.25) is 0 Å². The molecule has 0 atom stereocenters. The van der Waals surface area contributed by atoms with Gasteiger partial charge in [-0.05, 0) is 47.9 Å². The number of nitrogens with one attached hydrogen (secondary N) is 1. The molecule has 2 amide bonds. The highest BCUT2D eigenvalue weighted by Gasteiger charge is 2.21. The third kappa shape index (κ3) is 3.97. The first-order chi connectivity index (χ1) is 13.0. The minimum atomic E-state index is -0.347. The Morgan fingerprint density at radius 3 is 2.44 bits per heavy atom. The van der Waals surface area contributed by atoms with Crippen molar-refractivity contribution in [2.24, 2.45) is 0 Å². The van der Waals surface area contributed by atoms with Crippen molar-refractivity contribution in [3.05, 3.63) is 53.1 Å². The van der Waals surface area contributed by atoms with E-state index in [1.54, 1.807) is 30.2 Å². The van der Waals surface area contributed by atoms with Crippen LogP contribution in [0.15, 0.2) is 36.4 Å². The molecule has 0 fully saturated rings. The number of benzene rings is 2. The number of nitrogens with zero attached hydrogens (tertiary/aromatic N) is 1. The number of hydrogen-bond donors (Lipinski definition) is 1. The van der Waals surface area contributed by atoms with Crippen LogP contribution in [-0.4, -0.2) is 44.8 Å². The van der Waals surface area contributed by atoms with Crippen LogP contribution >= 0.6 is 0 Å². The maximum absolute atomic E-state index is 12.6. The Morgan fingerprint density at radius 2 is 1.74 bits per heavy atom. The molecule has 0 aliphatic carbocycles. The van der Waals surface area contributed by atoms with Crippen molar-refractivity contribution in [2.75, 3.05) is 33.2 Å². The molecule has 1 N–H and O–H groups in total. The van der Waals surface area contributed by atoms with Gasteiger partial charge in [0.1, 0.15) is 0 Å². The molecule has 0 aromatic heterocycles. The van der Waals surface area contributed by atoms with Crippen LogP contribution in [0.5, 0.6) is 11.5 Å². The van der Waals surface area contributed by atoms with E-state index in [0.29, 0.717) is 35.8 Å². The zero-order valence-electron chi connectivity index (χ0n) is 15.6. The Bertz CT molecular complexity index is 865. The summed E-state index contributed by atoms with van der Waals surface area (Å²) in [5.74, 6) is 0.798. The summed E-state index contributed by atoms with van der Waals surface area (Å²) in [6.07, 6.45) is 0.411. The van der Waals surface area contributed by atoms with Gasteiger partial charge < -0.3 is 24.4 Å². The van der Waals surface area contributed by atoms with Gasteiger partial charge in [0.05, 0.1) is 21.3 Å². The van der Waals surface area contributed by atoms with Crippen molar-refractivity contribution in [2.45, 2.75) is 13.0 Å². The van der Waals surface area contributed by atoms with Gasteiger partial charge in [-0.3, -0.25) is 4.79 Å². The molecule has 7 heteroatoms. The minimum absolute atomic E-state index is 0.253. The average molecular weight is 370 g/mol. The Labute approximate surface area is 157 Å². The minimum Gasteiger partial charge on any atom is -0.493 e. The van der Waals surface area contributed by atoms with Crippen molar-refractivity contribution >= 4 is 17.7 Å². The van der Waals surface area contributed by atoms with Crippen LogP contribution in [0.25, 0.3) is 0 Å². The molecule has 3 rings (SSSR count). The lowest BCUT2D eigenvalue weighted by Gasteiger charge is -2.28. The van der Waals surface area contributed by atoms with Crippen molar-refractivity contribution < 1.29 is 23.8 Å². The zero-order chi connectivity index (χ0) is 19.4. The van der Waals surface area contributed by atoms with E-state index in [4.69, 9.17) is 14.2 Å². The largest absolute Gasteiger partial charge is 0.493 e. The normalized spacial score (nSPS) is 12.8. The fourth-order valence-electron chi connectivity index (χ4n) is 3.10. The molecule has 7 nitrogen and oxygen atoms in total. The molecule has 27 heavy (non-hydrogen) atoms. The summed E-state index contributed by atoms with van der Waals surface area (Å²) >= 11 is 0. The van der Waals surface area contributed by atoms with Crippen LogP contribution in [0, 0.1) is 0 Å². The number of carbonyl (C=O) groups is 2. The van der Waals surface area contributed by atoms with Gasteiger partial charge in [-0.2, -0.15) is 0 Å². The summed E-state index contributed by atoms with van der Waals surface area (Å²) in [6.45, 7) is 1.08. The predicted octanol–water partition coefficient (Wildman–Crippen LogP) is 3.08. The molecule has 1 aliphatic rings. The van der Waals surface area contributed by atoms with E-state index in [1.807, 2.05) is 18.2 Å². The first-order valence-electron chi connectivity index (χ1n) is 8.53. The van der Waals surface area contributed by atoms with Gasteiger partial charge in [-0.25, -0.2) is 4.79 Å². The zero-order valence-corrected chi connectivity index (χ0v) is 15.6. The molecule has 0 radical (unpaired) electrons. The van der Waals surface area contributed by atoms with E-state index in [1.165, 1.54) is 19.8 Å². The van der Waals surface area contributed by atoms with Crippen LogP contribution in [0.4, 0.5) is 10.5 Å². The number of ether oxygens (including phenoxy) is 3. The second-order valence-electron chi connectivity index (χ2n) is 6.15. The van der Waals surface area contributed by atoms with Crippen molar-refractivity contribution in [3.63, 3.8) is 0 Å². The molecule has 0 unspecified atom stereocenters. The fourth-order valence-corrected chi connectivity index (χ4v) is 3.10. The first kappa shape index (κ1) is 18.6. The lowest BCUT2D eigenvalue weighted by atomic mass is 9.99. The molecule has 142 valence electrons. The standard InChI is InChI=1S/C20H22N2O5/c1-25-17-7-5-14(11-18(17)26-2)19(23)21-16-6-4-13-8-9-22(20(24)27-3)12-15(13)10-16/h4-7,10-11H,8-9,12H2,1-3H3,(H,21,23). The monoisotopic (exact) mass is 370 g/mol. The van der Waals surface area contributed by atoms with Gasteiger partial charge in [0.2, 0.25) is 0 Å². The van der Waals surface area contributed by atoms with Gasteiger partial charge in [0.25, 0.3) is 5.91 Å². The molecule has 0 saturated carbocycles. The first-order valence-corrected chi connectivity index (χ1v) is 8.53. The molecule has 0 bridgehead atoms. The van der Waals surface area contributed by atoms with E-state index in [-0.39, 0.29) is 12.0 Å². The third-order valence-electron chi connectivity index (χ3n) is 4.55. The van der Waals surface area contributed by atoms with Crippen LogP contribution < -0.4 is 14.8 Å². The smallest absolute Gasteiger partial charge is 0.409 e. The second kappa shape index (κ2) is 7.99. The molecule has 0 saturated heterocycles. The maximum atomic E-state index is 12.6. The summed E-state index contributed by atoms with van der Waals surface area (Å²) < 4.78 is 15.2.